The van der Waals surface area contributed by atoms with Gasteiger partial charge in [-0.1, -0.05) is 94.3 Å². The first-order valence-electron chi connectivity index (χ1n) is 14.0. The van der Waals surface area contributed by atoms with Gasteiger partial charge in [0.15, 0.2) is 11.2 Å². The zero-order chi connectivity index (χ0) is 30.2. The summed E-state index contributed by atoms with van der Waals surface area (Å²) in [6, 6.07) is 23.8. The van der Waals surface area contributed by atoms with Crippen molar-refractivity contribution in [3.8, 4) is 28.6 Å². The quantitative estimate of drug-likeness (QED) is 0.209. The molecule has 7 heteroatoms. The van der Waals surface area contributed by atoms with Gasteiger partial charge in [0.25, 0.3) is 0 Å². The van der Waals surface area contributed by atoms with Gasteiger partial charge >= 0.3 is 0 Å². The van der Waals surface area contributed by atoms with E-state index in [2.05, 4.69) is 76.1 Å². The van der Waals surface area contributed by atoms with Gasteiger partial charge in [0.05, 0.1) is 45.8 Å². The first-order chi connectivity index (χ1) is 19.9. The summed E-state index contributed by atoms with van der Waals surface area (Å²) in [6.45, 7) is 16.6. The molecule has 2 aromatic carbocycles. The zero-order valence-corrected chi connectivity index (χ0v) is 25.4. The molecule has 0 aliphatic carbocycles. The molecule has 7 nitrogen and oxygen atoms in total. The SMILES string of the molecule is Cc1noc2c(C(C)(C)C)nc(-c3ccc(C#N)cc3)cc12.Cc1noc2c(C(C)(C)C)nc(-c3ccccc3)cc12. The molecule has 42 heavy (non-hydrogen) atoms. The van der Waals surface area contributed by atoms with Crippen molar-refractivity contribution in [3.63, 3.8) is 0 Å². The Morgan fingerprint density at radius 3 is 1.45 bits per heavy atom. The third kappa shape index (κ3) is 5.66. The number of aryl methyl sites for hydroxylation is 2. The van der Waals surface area contributed by atoms with Gasteiger partial charge in [-0.3, -0.25) is 0 Å². The summed E-state index contributed by atoms with van der Waals surface area (Å²) in [5.74, 6) is 0. The number of benzene rings is 2. The lowest BCUT2D eigenvalue weighted by Gasteiger charge is -2.18. The summed E-state index contributed by atoms with van der Waals surface area (Å²) in [7, 11) is 0. The maximum Gasteiger partial charge on any atom is 0.189 e. The Morgan fingerprint density at radius 2 is 1.05 bits per heavy atom. The van der Waals surface area contributed by atoms with Gasteiger partial charge in [-0.15, -0.1) is 0 Å². The van der Waals surface area contributed by atoms with Gasteiger partial charge in [-0.25, -0.2) is 9.97 Å². The molecule has 212 valence electrons. The second-order valence-corrected chi connectivity index (χ2v) is 12.6. The van der Waals surface area contributed by atoms with Gasteiger partial charge in [-0.2, -0.15) is 5.26 Å². The number of hydrogen-bond acceptors (Lipinski definition) is 7. The van der Waals surface area contributed by atoms with Crippen LogP contribution in [0.25, 0.3) is 44.5 Å². The molecule has 0 bridgehead atoms. The first kappa shape index (κ1) is 28.7. The van der Waals surface area contributed by atoms with Gasteiger partial charge < -0.3 is 9.05 Å². The molecular formula is C35H35N5O2. The van der Waals surface area contributed by atoms with Crippen molar-refractivity contribution < 1.29 is 9.05 Å². The summed E-state index contributed by atoms with van der Waals surface area (Å²) in [4.78, 5) is 9.62. The molecule has 6 rings (SSSR count). The van der Waals surface area contributed by atoms with Crippen molar-refractivity contribution in [1.29, 1.82) is 5.26 Å². The Hall–Kier alpha value is -4.83. The van der Waals surface area contributed by atoms with Crippen LogP contribution in [-0.2, 0) is 10.8 Å². The van der Waals surface area contributed by atoms with Crippen molar-refractivity contribution >= 4 is 21.9 Å². The number of fused-ring (bicyclic) bond motifs is 2. The molecule has 4 heterocycles. The summed E-state index contributed by atoms with van der Waals surface area (Å²) >= 11 is 0. The Kier molecular flexibility index (Phi) is 7.42. The molecule has 0 N–H and O–H groups in total. The molecule has 6 aromatic rings. The van der Waals surface area contributed by atoms with E-state index in [1.54, 1.807) is 12.1 Å². The van der Waals surface area contributed by atoms with Crippen molar-refractivity contribution in [1.82, 2.24) is 20.3 Å². The summed E-state index contributed by atoms with van der Waals surface area (Å²) in [6.07, 6.45) is 0. The van der Waals surface area contributed by atoms with Crippen molar-refractivity contribution in [2.24, 2.45) is 0 Å². The molecule has 0 spiro atoms. The summed E-state index contributed by atoms with van der Waals surface area (Å²) in [5, 5.41) is 19.1. The second-order valence-electron chi connectivity index (χ2n) is 12.6. The largest absolute Gasteiger partial charge is 0.354 e. The number of aromatic nitrogens is 4. The molecular weight excluding hydrogens is 522 g/mol. The van der Waals surface area contributed by atoms with E-state index in [0.29, 0.717) is 5.56 Å². The molecule has 0 aliphatic heterocycles. The summed E-state index contributed by atoms with van der Waals surface area (Å²) < 4.78 is 11.0. The van der Waals surface area contributed by atoms with Crippen LogP contribution in [0.4, 0.5) is 0 Å². The molecule has 0 fully saturated rings. The maximum atomic E-state index is 8.91. The van der Waals surface area contributed by atoms with E-state index in [1.807, 2.05) is 50.2 Å². The van der Waals surface area contributed by atoms with E-state index >= 15 is 0 Å². The zero-order valence-electron chi connectivity index (χ0n) is 25.4. The van der Waals surface area contributed by atoms with Gasteiger partial charge in [-0.05, 0) is 38.1 Å². The fourth-order valence-corrected chi connectivity index (χ4v) is 4.75. The van der Waals surface area contributed by atoms with Crippen LogP contribution in [0, 0.1) is 25.2 Å². The van der Waals surface area contributed by atoms with E-state index in [4.69, 9.17) is 24.3 Å². The standard InChI is InChI=1S/C18H17N3O.C17H18N2O/c1-11-14-9-15(13-7-5-12(10-19)6-8-13)20-17(18(2,3)4)16(14)22-21-11;1-11-13-10-14(12-8-6-5-7-9-12)18-16(17(2,3)4)15(13)20-19-11/h5-9H,1-4H3;5-10H,1-4H3. The molecule has 4 aromatic heterocycles. The molecule has 0 saturated heterocycles. The van der Waals surface area contributed by atoms with Crippen LogP contribution in [0.5, 0.6) is 0 Å². The third-order valence-electron chi connectivity index (χ3n) is 7.07. The normalized spacial score (nSPS) is 11.8. The van der Waals surface area contributed by atoms with E-state index < -0.39 is 0 Å². The van der Waals surface area contributed by atoms with E-state index in [-0.39, 0.29) is 10.8 Å². The number of hydrogen-bond donors (Lipinski definition) is 0. The van der Waals surface area contributed by atoms with Crippen molar-refractivity contribution in [2.45, 2.75) is 66.2 Å². The van der Waals surface area contributed by atoms with Crippen LogP contribution in [0.3, 0.4) is 0 Å². The fraction of sp³-hybridized carbons (Fsp3) is 0.286. The number of nitriles is 1. The van der Waals surface area contributed by atoms with E-state index in [9.17, 15) is 0 Å². The minimum Gasteiger partial charge on any atom is -0.354 e. The highest BCUT2D eigenvalue weighted by Crippen LogP contribution is 2.34. The average Bonchev–Trinajstić information content (AvgIpc) is 3.54. The fourth-order valence-electron chi connectivity index (χ4n) is 4.75. The molecule has 0 amide bonds. The predicted octanol–water partition coefficient (Wildman–Crippen LogP) is 8.86. The highest BCUT2D eigenvalue weighted by atomic mass is 16.5. The van der Waals surface area contributed by atoms with Crippen LogP contribution < -0.4 is 0 Å². The lowest BCUT2D eigenvalue weighted by Crippen LogP contribution is -2.14. The van der Waals surface area contributed by atoms with Crippen LogP contribution >= 0.6 is 0 Å². The Bertz CT molecular complexity index is 1910. The molecule has 0 unspecified atom stereocenters. The highest BCUT2D eigenvalue weighted by Gasteiger charge is 2.25. The second kappa shape index (κ2) is 10.9. The van der Waals surface area contributed by atoms with Gasteiger partial charge in [0, 0.05) is 32.7 Å². The van der Waals surface area contributed by atoms with Crippen LogP contribution in [0.15, 0.2) is 75.8 Å². The molecule has 0 saturated carbocycles. The minimum atomic E-state index is -0.146. The average molecular weight is 558 g/mol. The molecule has 0 radical (unpaired) electrons. The minimum absolute atomic E-state index is 0.0883. The van der Waals surface area contributed by atoms with E-state index in [1.165, 1.54) is 0 Å². The first-order valence-corrected chi connectivity index (χ1v) is 14.0. The molecule has 0 atom stereocenters. The van der Waals surface area contributed by atoms with Crippen LogP contribution in [-0.4, -0.2) is 20.3 Å². The lowest BCUT2D eigenvalue weighted by atomic mass is 9.90. The van der Waals surface area contributed by atoms with Crippen molar-refractivity contribution in [2.75, 3.05) is 0 Å². The van der Waals surface area contributed by atoms with Gasteiger partial charge in [0.2, 0.25) is 0 Å². The van der Waals surface area contributed by atoms with Gasteiger partial charge in [0.1, 0.15) is 0 Å². The number of rotatable bonds is 2. The Balaban J connectivity index is 0.000000169. The lowest BCUT2D eigenvalue weighted by molar-refractivity contribution is 0.437. The molecule has 0 aliphatic rings. The third-order valence-corrected chi connectivity index (χ3v) is 7.07. The predicted molar refractivity (Wildman–Crippen MR) is 166 cm³/mol. The van der Waals surface area contributed by atoms with Crippen molar-refractivity contribution in [3.05, 3.63) is 95.1 Å². The topological polar surface area (TPSA) is 102 Å². The monoisotopic (exact) mass is 557 g/mol. The maximum absolute atomic E-state index is 8.91. The number of pyridine rings is 2. The highest BCUT2D eigenvalue weighted by molar-refractivity contribution is 5.87. The van der Waals surface area contributed by atoms with Crippen LogP contribution in [0.1, 0.15) is 69.9 Å². The Labute approximate surface area is 246 Å². The number of nitrogens with zero attached hydrogens (tertiary/aromatic N) is 5. The van der Waals surface area contributed by atoms with Crippen LogP contribution in [0.2, 0.25) is 0 Å². The Morgan fingerprint density at radius 1 is 0.619 bits per heavy atom. The van der Waals surface area contributed by atoms with E-state index in [0.717, 1.165) is 67.2 Å². The smallest absolute Gasteiger partial charge is 0.189 e. The summed E-state index contributed by atoms with van der Waals surface area (Å²) in [5.41, 5.74) is 9.50.